The van der Waals surface area contributed by atoms with Crippen molar-refractivity contribution < 1.29 is 22.4 Å². The number of carbonyl (C=O) groups is 1. The van der Waals surface area contributed by atoms with E-state index in [2.05, 4.69) is 15.7 Å². The average Bonchev–Trinajstić information content (AvgIpc) is 2.92. The van der Waals surface area contributed by atoms with Crippen LogP contribution in [0, 0.1) is 5.82 Å². The second-order valence-corrected chi connectivity index (χ2v) is 6.20. The van der Waals surface area contributed by atoms with Crippen molar-refractivity contribution in [2.24, 2.45) is 7.05 Å². The second kappa shape index (κ2) is 7.51. The van der Waals surface area contributed by atoms with Crippen molar-refractivity contribution >= 4 is 34.7 Å². The van der Waals surface area contributed by atoms with E-state index in [1.54, 1.807) is 42.5 Å². The number of para-hydroxylation sites is 1. The summed E-state index contributed by atoms with van der Waals surface area (Å²) in [5, 5.41) is 8.79. The summed E-state index contributed by atoms with van der Waals surface area (Å²) in [5.41, 5.74) is -0.582. The molecule has 3 aromatic rings. The highest BCUT2D eigenvalue weighted by Gasteiger charge is 2.40. The first kappa shape index (κ1) is 19.7. The molecule has 0 radical (unpaired) electrons. The molecule has 0 saturated heterocycles. The molecule has 10 heteroatoms. The topological polar surface area (TPSA) is 59.0 Å². The van der Waals surface area contributed by atoms with Crippen LogP contribution in [0.5, 0.6) is 0 Å². The Morgan fingerprint density at radius 1 is 1.11 bits per heavy atom. The molecule has 0 aliphatic heterocycles. The lowest BCUT2D eigenvalue weighted by atomic mass is 10.1. The largest absolute Gasteiger partial charge is 0.438 e. The van der Waals surface area contributed by atoms with E-state index in [-0.39, 0.29) is 5.56 Å². The number of rotatable bonds is 4. The Bertz CT molecular complexity index is 1020. The maximum absolute atomic E-state index is 14.1. The molecule has 0 saturated carbocycles. The van der Waals surface area contributed by atoms with Gasteiger partial charge in [-0.15, -0.1) is 0 Å². The van der Waals surface area contributed by atoms with Crippen molar-refractivity contribution in [1.29, 1.82) is 0 Å². The molecular weight excluding hydrogens is 400 g/mol. The van der Waals surface area contributed by atoms with Gasteiger partial charge in [-0.05, 0) is 36.4 Å². The van der Waals surface area contributed by atoms with Crippen molar-refractivity contribution in [1.82, 2.24) is 9.78 Å². The molecule has 28 heavy (non-hydrogen) atoms. The normalized spacial score (nSPS) is 11.4. The fourth-order valence-electron chi connectivity index (χ4n) is 2.47. The molecule has 0 aliphatic rings. The van der Waals surface area contributed by atoms with E-state index in [0.717, 1.165) is 7.05 Å². The molecule has 0 fully saturated rings. The van der Waals surface area contributed by atoms with Gasteiger partial charge in [0, 0.05) is 17.8 Å². The number of alkyl halides is 3. The summed E-state index contributed by atoms with van der Waals surface area (Å²) in [5.74, 6) is -3.13. The van der Waals surface area contributed by atoms with Gasteiger partial charge < -0.3 is 10.6 Å². The minimum Gasteiger partial charge on any atom is -0.355 e. The number of hydrogen-bond acceptors (Lipinski definition) is 3. The predicted octanol–water partition coefficient (Wildman–Crippen LogP) is 5.23. The van der Waals surface area contributed by atoms with Crippen molar-refractivity contribution in [3.63, 3.8) is 0 Å². The van der Waals surface area contributed by atoms with E-state index in [1.165, 1.54) is 6.07 Å². The van der Waals surface area contributed by atoms with Crippen LogP contribution >= 0.6 is 11.6 Å². The van der Waals surface area contributed by atoms with Crippen LogP contribution in [0.3, 0.4) is 0 Å². The van der Waals surface area contributed by atoms with Gasteiger partial charge in [0.05, 0.1) is 11.3 Å². The monoisotopic (exact) mass is 412 g/mol. The maximum Gasteiger partial charge on any atom is 0.438 e. The smallest absolute Gasteiger partial charge is 0.355 e. The number of nitrogens with one attached hydrogen (secondary N) is 2. The number of anilines is 3. The Morgan fingerprint density at radius 2 is 1.75 bits per heavy atom. The van der Waals surface area contributed by atoms with Crippen molar-refractivity contribution in [2.45, 2.75) is 6.18 Å². The molecule has 5 nitrogen and oxygen atoms in total. The first-order chi connectivity index (χ1) is 13.2. The van der Waals surface area contributed by atoms with E-state index in [0.29, 0.717) is 21.1 Å². The Balaban J connectivity index is 1.88. The van der Waals surface area contributed by atoms with Crippen LogP contribution in [-0.4, -0.2) is 15.7 Å². The third-order valence-electron chi connectivity index (χ3n) is 3.78. The van der Waals surface area contributed by atoms with Crippen LogP contribution < -0.4 is 10.6 Å². The summed E-state index contributed by atoms with van der Waals surface area (Å²) in [7, 11) is 1.10. The number of carbonyl (C=O) groups excluding carboxylic acids is 1. The molecule has 0 bridgehead atoms. The maximum atomic E-state index is 14.1. The molecular formula is C18H13ClF4N4O. The van der Waals surface area contributed by atoms with E-state index in [4.69, 9.17) is 11.6 Å². The fraction of sp³-hybridized carbons (Fsp3) is 0.111. The Labute approximate surface area is 161 Å². The summed E-state index contributed by atoms with van der Waals surface area (Å²) in [6.07, 6.45) is -4.97. The number of hydrogen-bond donors (Lipinski definition) is 2. The lowest BCUT2D eigenvalue weighted by Gasteiger charge is -2.12. The molecule has 1 heterocycles. The van der Waals surface area contributed by atoms with E-state index >= 15 is 0 Å². The van der Waals surface area contributed by atoms with Gasteiger partial charge in [-0.2, -0.15) is 18.3 Å². The zero-order valence-corrected chi connectivity index (χ0v) is 15.1. The van der Waals surface area contributed by atoms with Crippen molar-refractivity contribution in [3.05, 3.63) is 70.6 Å². The number of aromatic nitrogens is 2. The number of benzene rings is 2. The lowest BCUT2D eigenvalue weighted by molar-refractivity contribution is -0.143. The molecule has 146 valence electrons. The SMILES string of the molecule is Cn1nc(C(F)(F)F)c(F)c1NC(=O)c1ccccc1Nc1ccc(Cl)cc1. The zero-order chi connectivity index (χ0) is 20.5. The lowest BCUT2D eigenvalue weighted by Crippen LogP contribution is -2.17. The van der Waals surface area contributed by atoms with E-state index < -0.39 is 29.4 Å². The molecule has 1 aromatic heterocycles. The van der Waals surface area contributed by atoms with Gasteiger partial charge >= 0.3 is 6.18 Å². The number of nitrogens with zero attached hydrogens (tertiary/aromatic N) is 2. The van der Waals surface area contributed by atoms with Gasteiger partial charge in [0.15, 0.2) is 11.6 Å². The summed E-state index contributed by atoms with van der Waals surface area (Å²) >= 11 is 5.83. The summed E-state index contributed by atoms with van der Waals surface area (Å²) in [6.45, 7) is 0. The third kappa shape index (κ3) is 4.09. The first-order valence-corrected chi connectivity index (χ1v) is 8.27. The van der Waals surface area contributed by atoms with Gasteiger partial charge in [-0.3, -0.25) is 4.79 Å². The van der Waals surface area contributed by atoms with Crippen LogP contribution in [0.2, 0.25) is 5.02 Å². The number of amides is 1. The van der Waals surface area contributed by atoms with Crippen molar-refractivity contribution in [3.8, 4) is 0 Å². The molecule has 0 unspecified atom stereocenters. The fourth-order valence-corrected chi connectivity index (χ4v) is 2.59. The Hall–Kier alpha value is -3.07. The molecule has 3 rings (SSSR count). The number of halogens is 5. The summed E-state index contributed by atoms with van der Waals surface area (Å²) < 4.78 is 53.1. The minimum atomic E-state index is -4.97. The highest BCUT2D eigenvalue weighted by Crippen LogP contribution is 2.33. The van der Waals surface area contributed by atoms with Crippen LogP contribution in [0.4, 0.5) is 34.8 Å². The van der Waals surface area contributed by atoms with Crippen LogP contribution in [0.15, 0.2) is 48.5 Å². The third-order valence-corrected chi connectivity index (χ3v) is 4.04. The highest BCUT2D eigenvalue weighted by molar-refractivity contribution is 6.30. The van der Waals surface area contributed by atoms with Crippen LogP contribution in [-0.2, 0) is 13.2 Å². The van der Waals surface area contributed by atoms with Gasteiger partial charge in [0.25, 0.3) is 5.91 Å². The van der Waals surface area contributed by atoms with Crippen molar-refractivity contribution in [2.75, 3.05) is 10.6 Å². The van der Waals surface area contributed by atoms with Gasteiger partial charge in [-0.1, -0.05) is 23.7 Å². The summed E-state index contributed by atoms with van der Waals surface area (Å²) in [4.78, 5) is 12.6. The van der Waals surface area contributed by atoms with Crippen LogP contribution in [0.25, 0.3) is 0 Å². The average molecular weight is 413 g/mol. The van der Waals surface area contributed by atoms with Gasteiger partial charge in [-0.25, -0.2) is 9.07 Å². The predicted molar refractivity (Wildman–Crippen MR) is 97.3 cm³/mol. The minimum absolute atomic E-state index is 0.103. The summed E-state index contributed by atoms with van der Waals surface area (Å²) in [6, 6.07) is 13.0. The quantitative estimate of drug-likeness (QED) is 0.577. The Kier molecular flexibility index (Phi) is 5.28. The molecule has 2 aromatic carbocycles. The van der Waals surface area contributed by atoms with Crippen LogP contribution in [0.1, 0.15) is 16.1 Å². The first-order valence-electron chi connectivity index (χ1n) is 7.89. The zero-order valence-electron chi connectivity index (χ0n) is 14.3. The number of aryl methyl sites for hydroxylation is 1. The molecule has 0 atom stereocenters. The molecule has 1 amide bonds. The van der Waals surface area contributed by atoms with E-state index in [9.17, 15) is 22.4 Å². The van der Waals surface area contributed by atoms with E-state index in [1.807, 2.05) is 0 Å². The molecule has 0 aliphatic carbocycles. The molecule has 2 N–H and O–H groups in total. The second-order valence-electron chi connectivity index (χ2n) is 5.76. The van der Waals surface area contributed by atoms with Gasteiger partial charge in [0.2, 0.25) is 5.69 Å². The highest BCUT2D eigenvalue weighted by atomic mass is 35.5. The van der Waals surface area contributed by atoms with Gasteiger partial charge in [0.1, 0.15) is 0 Å². The molecule has 0 spiro atoms. The standard InChI is InChI=1S/C18H13ClF4N4O/c1-27-16(14(20)15(26-27)18(21,22)23)25-17(28)12-4-2-3-5-13(12)24-11-8-6-10(19)7-9-11/h2-9,24H,1H3,(H,25,28). The Morgan fingerprint density at radius 3 is 2.36 bits per heavy atom.